The van der Waals surface area contributed by atoms with Gasteiger partial charge in [-0.2, -0.15) is 5.10 Å². The summed E-state index contributed by atoms with van der Waals surface area (Å²) in [5.74, 6) is 0. The summed E-state index contributed by atoms with van der Waals surface area (Å²) in [4.78, 5) is 0. The SMILES string of the molecule is CCCn1nccc1C(NCC)c1ccc(C)c(Cl)c1. The van der Waals surface area contributed by atoms with Crippen LogP contribution >= 0.6 is 11.6 Å². The monoisotopic (exact) mass is 291 g/mol. The first kappa shape index (κ1) is 15.1. The minimum Gasteiger partial charge on any atom is -0.305 e. The van der Waals surface area contributed by atoms with Crippen LogP contribution in [-0.2, 0) is 6.54 Å². The first-order valence-corrected chi connectivity index (χ1v) is 7.56. The quantitative estimate of drug-likeness (QED) is 0.873. The standard InChI is InChI=1S/C16H22ClN3/c1-4-10-20-15(8-9-19-20)16(18-5-2)13-7-6-12(3)14(17)11-13/h6-9,11,16,18H,4-5,10H2,1-3H3. The Morgan fingerprint density at radius 1 is 1.30 bits per heavy atom. The average Bonchev–Trinajstić information content (AvgIpc) is 2.88. The van der Waals surface area contributed by atoms with E-state index in [2.05, 4.69) is 47.1 Å². The normalized spacial score (nSPS) is 12.6. The van der Waals surface area contributed by atoms with Crippen molar-refractivity contribution in [2.24, 2.45) is 0 Å². The maximum atomic E-state index is 6.27. The number of aromatic nitrogens is 2. The second kappa shape index (κ2) is 6.91. The third kappa shape index (κ3) is 3.22. The van der Waals surface area contributed by atoms with Gasteiger partial charge in [0.15, 0.2) is 0 Å². The number of nitrogens with one attached hydrogen (secondary N) is 1. The van der Waals surface area contributed by atoms with Crippen molar-refractivity contribution in [3.05, 3.63) is 52.3 Å². The molecule has 108 valence electrons. The van der Waals surface area contributed by atoms with Gasteiger partial charge in [-0.1, -0.05) is 37.6 Å². The molecular formula is C16H22ClN3. The highest BCUT2D eigenvalue weighted by Crippen LogP contribution is 2.26. The first-order chi connectivity index (χ1) is 9.67. The number of benzene rings is 1. The average molecular weight is 292 g/mol. The molecule has 0 aliphatic rings. The van der Waals surface area contributed by atoms with Crippen LogP contribution in [0.5, 0.6) is 0 Å². The van der Waals surface area contributed by atoms with E-state index in [0.29, 0.717) is 0 Å². The lowest BCUT2D eigenvalue weighted by molar-refractivity contribution is 0.520. The van der Waals surface area contributed by atoms with Crippen molar-refractivity contribution in [1.82, 2.24) is 15.1 Å². The van der Waals surface area contributed by atoms with Crippen LogP contribution in [0.3, 0.4) is 0 Å². The van der Waals surface area contributed by atoms with Crippen LogP contribution in [0.4, 0.5) is 0 Å². The van der Waals surface area contributed by atoms with Gasteiger partial charge in [0.1, 0.15) is 0 Å². The van der Waals surface area contributed by atoms with Gasteiger partial charge in [-0.15, -0.1) is 0 Å². The molecule has 2 rings (SSSR count). The summed E-state index contributed by atoms with van der Waals surface area (Å²) in [5, 5.41) is 8.76. The predicted octanol–water partition coefficient (Wildman–Crippen LogP) is 3.95. The van der Waals surface area contributed by atoms with Crippen molar-refractivity contribution in [2.75, 3.05) is 6.54 Å². The number of rotatable bonds is 6. The lowest BCUT2D eigenvalue weighted by Gasteiger charge is -2.20. The Morgan fingerprint density at radius 3 is 2.75 bits per heavy atom. The summed E-state index contributed by atoms with van der Waals surface area (Å²) in [6.45, 7) is 8.13. The van der Waals surface area contributed by atoms with Crippen LogP contribution in [0.1, 0.15) is 43.1 Å². The molecule has 0 saturated heterocycles. The van der Waals surface area contributed by atoms with E-state index in [1.807, 2.05) is 19.2 Å². The highest BCUT2D eigenvalue weighted by atomic mass is 35.5. The highest BCUT2D eigenvalue weighted by molar-refractivity contribution is 6.31. The Balaban J connectivity index is 2.39. The molecule has 3 nitrogen and oxygen atoms in total. The van der Waals surface area contributed by atoms with E-state index in [0.717, 1.165) is 30.1 Å². The number of hydrogen-bond acceptors (Lipinski definition) is 2. The van der Waals surface area contributed by atoms with Crippen molar-refractivity contribution < 1.29 is 0 Å². The van der Waals surface area contributed by atoms with Crippen LogP contribution in [0.15, 0.2) is 30.5 Å². The topological polar surface area (TPSA) is 29.9 Å². The van der Waals surface area contributed by atoms with Gasteiger partial charge in [0.2, 0.25) is 0 Å². The van der Waals surface area contributed by atoms with Crippen molar-refractivity contribution >= 4 is 11.6 Å². The lowest BCUT2D eigenvalue weighted by Crippen LogP contribution is -2.25. The van der Waals surface area contributed by atoms with Crippen LogP contribution in [-0.4, -0.2) is 16.3 Å². The van der Waals surface area contributed by atoms with E-state index >= 15 is 0 Å². The summed E-state index contributed by atoms with van der Waals surface area (Å²) in [6, 6.07) is 8.47. The van der Waals surface area contributed by atoms with Crippen molar-refractivity contribution in [3.8, 4) is 0 Å². The zero-order valence-electron chi connectivity index (χ0n) is 12.4. The molecule has 1 N–H and O–H groups in total. The Bertz CT molecular complexity index is 563. The van der Waals surface area contributed by atoms with E-state index in [9.17, 15) is 0 Å². The number of halogens is 1. The van der Waals surface area contributed by atoms with Crippen molar-refractivity contribution in [2.45, 2.75) is 39.8 Å². The van der Waals surface area contributed by atoms with Crippen molar-refractivity contribution in [3.63, 3.8) is 0 Å². The molecule has 0 radical (unpaired) electrons. The number of aryl methyl sites for hydroxylation is 2. The van der Waals surface area contributed by atoms with E-state index in [4.69, 9.17) is 11.6 Å². The van der Waals surface area contributed by atoms with E-state index < -0.39 is 0 Å². The molecule has 0 spiro atoms. The highest BCUT2D eigenvalue weighted by Gasteiger charge is 2.17. The summed E-state index contributed by atoms with van der Waals surface area (Å²) < 4.78 is 2.07. The van der Waals surface area contributed by atoms with Crippen LogP contribution < -0.4 is 5.32 Å². The largest absolute Gasteiger partial charge is 0.305 e. The number of hydrogen-bond donors (Lipinski definition) is 1. The van der Waals surface area contributed by atoms with Crippen LogP contribution in [0.25, 0.3) is 0 Å². The molecule has 1 aromatic carbocycles. The Labute approximate surface area is 126 Å². The smallest absolute Gasteiger partial charge is 0.0748 e. The molecule has 0 bridgehead atoms. The molecule has 0 aliphatic carbocycles. The lowest BCUT2D eigenvalue weighted by atomic mass is 10.0. The zero-order valence-corrected chi connectivity index (χ0v) is 13.1. The molecule has 1 aromatic heterocycles. The molecule has 4 heteroatoms. The molecule has 0 amide bonds. The van der Waals surface area contributed by atoms with Gasteiger partial charge >= 0.3 is 0 Å². The molecule has 2 aromatic rings. The second-order valence-electron chi connectivity index (χ2n) is 4.98. The van der Waals surface area contributed by atoms with Gasteiger partial charge in [0.25, 0.3) is 0 Å². The van der Waals surface area contributed by atoms with Gasteiger partial charge in [0.05, 0.1) is 11.7 Å². The molecule has 0 saturated carbocycles. The molecule has 0 aliphatic heterocycles. The fourth-order valence-electron chi connectivity index (χ4n) is 2.37. The second-order valence-corrected chi connectivity index (χ2v) is 5.39. The molecule has 0 fully saturated rings. The molecule has 1 atom stereocenters. The third-order valence-electron chi connectivity index (χ3n) is 3.42. The molecule has 1 heterocycles. The summed E-state index contributed by atoms with van der Waals surface area (Å²) >= 11 is 6.27. The Morgan fingerprint density at radius 2 is 2.10 bits per heavy atom. The van der Waals surface area contributed by atoms with Gasteiger partial charge in [-0.3, -0.25) is 4.68 Å². The maximum Gasteiger partial charge on any atom is 0.0748 e. The summed E-state index contributed by atoms with van der Waals surface area (Å²) in [5.41, 5.74) is 3.47. The first-order valence-electron chi connectivity index (χ1n) is 7.18. The van der Waals surface area contributed by atoms with E-state index in [1.165, 1.54) is 11.3 Å². The van der Waals surface area contributed by atoms with Gasteiger partial charge in [0, 0.05) is 17.8 Å². The minimum atomic E-state index is 0.132. The molecule has 1 unspecified atom stereocenters. The van der Waals surface area contributed by atoms with Crippen molar-refractivity contribution in [1.29, 1.82) is 0 Å². The van der Waals surface area contributed by atoms with Gasteiger partial charge in [-0.05, 0) is 43.1 Å². The summed E-state index contributed by atoms with van der Waals surface area (Å²) in [6.07, 6.45) is 2.94. The maximum absolute atomic E-state index is 6.27. The van der Waals surface area contributed by atoms with Gasteiger partial charge in [-0.25, -0.2) is 0 Å². The Hall–Kier alpha value is -1.32. The van der Waals surface area contributed by atoms with Gasteiger partial charge < -0.3 is 5.32 Å². The predicted molar refractivity (Wildman–Crippen MR) is 84.2 cm³/mol. The molecular weight excluding hydrogens is 270 g/mol. The minimum absolute atomic E-state index is 0.132. The van der Waals surface area contributed by atoms with Crippen LogP contribution in [0, 0.1) is 6.92 Å². The van der Waals surface area contributed by atoms with Crippen LogP contribution in [0.2, 0.25) is 5.02 Å². The molecule has 20 heavy (non-hydrogen) atoms. The van der Waals surface area contributed by atoms with E-state index in [1.54, 1.807) is 0 Å². The summed E-state index contributed by atoms with van der Waals surface area (Å²) in [7, 11) is 0. The fourth-order valence-corrected chi connectivity index (χ4v) is 2.56. The Kier molecular flexibility index (Phi) is 5.21. The fraction of sp³-hybridized carbons (Fsp3) is 0.438. The number of nitrogens with zero attached hydrogens (tertiary/aromatic N) is 2. The third-order valence-corrected chi connectivity index (χ3v) is 3.83. The van der Waals surface area contributed by atoms with E-state index in [-0.39, 0.29) is 6.04 Å². The zero-order chi connectivity index (χ0) is 14.5.